The Morgan fingerprint density at radius 1 is 1.27 bits per heavy atom. The largest absolute Gasteiger partial charge is 0.522 e. The summed E-state index contributed by atoms with van der Waals surface area (Å²) in [6.07, 6.45) is -3.71. The van der Waals surface area contributed by atoms with Gasteiger partial charge >= 0.3 is 12.1 Å². The van der Waals surface area contributed by atoms with Gasteiger partial charge in [-0.15, -0.1) is 18.3 Å². The predicted octanol–water partition coefficient (Wildman–Crippen LogP) is -0.544. The van der Waals surface area contributed by atoms with Crippen molar-refractivity contribution in [2.45, 2.75) is 12.9 Å². The standard InChI is InChI=1S/C13H18F3N7O3/c1-20(2)4-5-21(3)11(24)9-10-18-19-23(6-7-26-13(14,15)16)12(25)22(10)8-17-9/h8H,4-7H2,1-3H3. The monoisotopic (exact) mass is 377 g/mol. The second-order valence-corrected chi connectivity index (χ2v) is 5.71. The highest BCUT2D eigenvalue weighted by molar-refractivity contribution is 5.97. The van der Waals surface area contributed by atoms with Gasteiger partial charge in [0.05, 0.1) is 13.2 Å². The third-order valence-corrected chi connectivity index (χ3v) is 3.42. The maximum atomic E-state index is 12.4. The van der Waals surface area contributed by atoms with E-state index in [4.69, 9.17) is 0 Å². The summed E-state index contributed by atoms with van der Waals surface area (Å²) < 4.78 is 41.2. The number of halogens is 3. The molecule has 0 saturated heterocycles. The molecule has 1 amide bonds. The Labute approximate surface area is 145 Å². The van der Waals surface area contributed by atoms with Gasteiger partial charge in [0.25, 0.3) is 5.91 Å². The summed E-state index contributed by atoms with van der Waals surface area (Å²) >= 11 is 0. The van der Waals surface area contributed by atoms with Crippen molar-refractivity contribution in [1.82, 2.24) is 34.2 Å². The molecule has 0 aliphatic carbocycles. The predicted molar refractivity (Wildman–Crippen MR) is 82.6 cm³/mol. The summed E-state index contributed by atoms with van der Waals surface area (Å²) in [6, 6.07) is 0. The SMILES string of the molecule is CN(C)CCN(C)C(=O)c1ncn2c(=O)n(CCOC(F)(F)F)nnc12. The molecule has 2 aromatic rings. The second kappa shape index (κ2) is 7.78. The minimum atomic E-state index is -4.80. The highest BCUT2D eigenvalue weighted by Gasteiger charge is 2.29. The second-order valence-electron chi connectivity index (χ2n) is 5.71. The molecular weight excluding hydrogens is 359 g/mol. The molecule has 0 N–H and O–H groups in total. The molecule has 0 radical (unpaired) electrons. The summed E-state index contributed by atoms with van der Waals surface area (Å²) in [5.41, 5.74) is -0.900. The number of amides is 1. The zero-order valence-electron chi connectivity index (χ0n) is 14.4. The summed E-state index contributed by atoms with van der Waals surface area (Å²) in [4.78, 5) is 31.9. The van der Waals surface area contributed by atoms with Crippen molar-refractivity contribution in [3.05, 3.63) is 22.5 Å². The number of alkyl halides is 3. The molecule has 10 nitrogen and oxygen atoms in total. The first-order valence-electron chi connectivity index (χ1n) is 7.52. The van der Waals surface area contributed by atoms with Crippen LogP contribution in [-0.4, -0.2) is 87.3 Å². The van der Waals surface area contributed by atoms with Gasteiger partial charge in [0.1, 0.15) is 6.33 Å². The lowest BCUT2D eigenvalue weighted by molar-refractivity contribution is -0.325. The van der Waals surface area contributed by atoms with Gasteiger partial charge in [-0.25, -0.2) is 14.2 Å². The Morgan fingerprint density at radius 2 is 1.96 bits per heavy atom. The number of nitrogens with zero attached hydrogens (tertiary/aromatic N) is 7. The molecule has 0 spiro atoms. The molecule has 0 aliphatic heterocycles. The average molecular weight is 377 g/mol. The minimum Gasteiger partial charge on any atom is -0.339 e. The van der Waals surface area contributed by atoms with Crippen molar-refractivity contribution in [3.63, 3.8) is 0 Å². The average Bonchev–Trinajstić information content (AvgIpc) is 2.97. The van der Waals surface area contributed by atoms with E-state index in [2.05, 4.69) is 20.0 Å². The minimum absolute atomic E-state index is 0.0606. The van der Waals surface area contributed by atoms with E-state index in [1.807, 2.05) is 19.0 Å². The summed E-state index contributed by atoms with van der Waals surface area (Å²) in [5, 5.41) is 7.28. The van der Waals surface area contributed by atoms with E-state index in [1.54, 1.807) is 7.05 Å². The smallest absolute Gasteiger partial charge is 0.339 e. The number of rotatable bonds is 7. The first-order valence-corrected chi connectivity index (χ1v) is 7.52. The molecule has 26 heavy (non-hydrogen) atoms. The number of carbonyl (C=O) groups is 1. The van der Waals surface area contributed by atoms with Crippen molar-refractivity contribution in [2.75, 3.05) is 40.8 Å². The fourth-order valence-electron chi connectivity index (χ4n) is 2.01. The van der Waals surface area contributed by atoms with Gasteiger partial charge in [-0.1, -0.05) is 5.21 Å². The van der Waals surface area contributed by atoms with Gasteiger partial charge in [-0.05, 0) is 14.1 Å². The lowest BCUT2D eigenvalue weighted by Gasteiger charge is -2.18. The van der Waals surface area contributed by atoms with Crippen molar-refractivity contribution in [2.24, 2.45) is 0 Å². The number of hydrogen-bond acceptors (Lipinski definition) is 7. The highest BCUT2D eigenvalue weighted by Crippen LogP contribution is 2.15. The molecular formula is C13H18F3N7O3. The molecule has 0 atom stereocenters. The first-order chi connectivity index (χ1) is 12.1. The van der Waals surface area contributed by atoms with E-state index in [0.717, 1.165) is 10.7 Å². The summed E-state index contributed by atoms with van der Waals surface area (Å²) in [5.74, 6) is -0.443. The molecule has 13 heteroatoms. The Hall–Kier alpha value is -2.54. The molecule has 0 aliphatic rings. The third-order valence-electron chi connectivity index (χ3n) is 3.42. The Bertz CT molecular complexity index is 830. The fourth-order valence-corrected chi connectivity index (χ4v) is 2.01. The number of hydrogen-bond donors (Lipinski definition) is 0. The van der Waals surface area contributed by atoms with Crippen LogP contribution in [0.25, 0.3) is 5.65 Å². The number of aromatic nitrogens is 5. The van der Waals surface area contributed by atoms with Crippen LogP contribution in [0.15, 0.2) is 11.1 Å². The van der Waals surface area contributed by atoms with E-state index >= 15 is 0 Å². The van der Waals surface area contributed by atoms with E-state index in [0.29, 0.717) is 17.8 Å². The molecule has 0 bridgehead atoms. The van der Waals surface area contributed by atoms with Crippen LogP contribution in [0.4, 0.5) is 13.2 Å². The molecule has 0 fully saturated rings. The van der Waals surface area contributed by atoms with Crippen LogP contribution in [0.1, 0.15) is 10.5 Å². The van der Waals surface area contributed by atoms with Gasteiger partial charge < -0.3 is 9.80 Å². The van der Waals surface area contributed by atoms with E-state index in [1.165, 1.54) is 4.90 Å². The normalized spacial score (nSPS) is 12.1. The van der Waals surface area contributed by atoms with Crippen molar-refractivity contribution < 1.29 is 22.7 Å². The Morgan fingerprint density at radius 3 is 2.58 bits per heavy atom. The van der Waals surface area contributed by atoms with Crippen LogP contribution >= 0.6 is 0 Å². The number of likely N-dealkylation sites (N-methyl/N-ethyl adjacent to an activating group) is 2. The van der Waals surface area contributed by atoms with Crippen molar-refractivity contribution in [3.8, 4) is 0 Å². The molecule has 2 aromatic heterocycles. The number of carbonyl (C=O) groups excluding carboxylic acids is 1. The zero-order chi connectivity index (χ0) is 19.5. The van der Waals surface area contributed by atoms with E-state index in [9.17, 15) is 22.8 Å². The van der Waals surface area contributed by atoms with Crippen LogP contribution in [0, 0.1) is 0 Å². The Balaban J connectivity index is 2.18. The third kappa shape index (κ3) is 4.76. The zero-order valence-corrected chi connectivity index (χ0v) is 14.4. The fraction of sp³-hybridized carbons (Fsp3) is 0.615. The molecule has 2 rings (SSSR count). The van der Waals surface area contributed by atoms with Crippen molar-refractivity contribution in [1.29, 1.82) is 0 Å². The summed E-state index contributed by atoms with van der Waals surface area (Å²) in [7, 11) is 5.31. The Kier molecular flexibility index (Phi) is 5.92. The number of ether oxygens (including phenoxy) is 1. The quantitative estimate of drug-likeness (QED) is 0.639. The first kappa shape index (κ1) is 19.8. The van der Waals surface area contributed by atoms with Crippen molar-refractivity contribution >= 4 is 11.6 Å². The maximum Gasteiger partial charge on any atom is 0.522 e. The van der Waals surface area contributed by atoms with Crippen LogP contribution in [0.3, 0.4) is 0 Å². The molecule has 0 unspecified atom stereocenters. The lowest BCUT2D eigenvalue weighted by atomic mass is 10.3. The summed E-state index contributed by atoms with van der Waals surface area (Å²) in [6.45, 7) is -0.182. The lowest BCUT2D eigenvalue weighted by Crippen LogP contribution is -2.35. The highest BCUT2D eigenvalue weighted by atomic mass is 19.4. The van der Waals surface area contributed by atoms with Gasteiger partial charge in [-0.3, -0.25) is 9.53 Å². The maximum absolute atomic E-state index is 12.4. The topological polar surface area (TPSA) is 97.9 Å². The van der Waals surface area contributed by atoms with Crippen LogP contribution < -0.4 is 5.69 Å². The van der Waals surface area contributed by atoms with Crippen LogP contribution in [-0.2, 0) is 11.3 Å². The van der Waals surface area contributed by atoms with Crippen LogP contribution in [0.5, 0.6) is 0 Å². The number of imidazole rings is 1. The van der Waals surface area contributed by atoms with Crippen LogP contribution in [0.2, 0.25) is 0 Å². The molecule has 0 saturated carbocycles. The van der Waals surface area contributed by atoms with Gasteiger partial charge in [0.15, 0.2) is 11.3 Å². The van der Waals surface area contributed by atoms with E-state index < -0.39 is 31.1 Å². The molecule has 0 aromatic carbocycles. The van der Waals surface area contributed by atoms with Gasteiger partial charge in [0.2, 0.25) is 0 Å². The number of fused-ring (bicyclic) bond motifs is 1. The molecule has 144 valence electrons. The van der Waals surface area contributed by atoms with E-state index in [-0.39, 0.29) is 11.3 Å². The molecule has 2 heterocycles. The van der Waals surface area contributed by atoms with Gasteiger partial charge in [0, 0.05) is 20.1 Å². The van der Waals surface area contributed by atoms with Gasteiger partial charge in [-0.2, -0.15) is 4.68 Å².